The number of ether oxygens (including phenoxy) is 2. The molecule has 4 nitrogen and oxygen atoms in total. The summed E-state index contributed by atoms with van der Waals surface area (Å²) in [5.74, 6) is 1.64. The van der Waals surface area contributed by atoms with Crippen molar-refractivity contribution in [2.24, 2.45) is 0 Å². The molecule has 104 valence electrons. The zero-order valence-corrected chi connectivity index (χ0v) is 11.9. The number of hydrogen-bond acceptors (Lipinski definition) is 3. The van der Waals surface area contributed by atoms with E-state index in [1.807, 2.05) is 4.90 Å². The van der Waals surface area contributed by atoms with Crippen molar-refractivity contribution in [2.75, 3.05) is 26.6 Å². The van der Waals surface area contributed by atoms with Crippen molar-refractivity contribution >= 4 is 17.5 Å². The molecule has 1 saturated carbocycles. The maximum Gasteiger partial charge on any atom is 0.254 e. The molecule has 1 aromatic carbocycles. The van der Waals surface area contributed by atoms with Crippen LogP contribution in [0, 0.1) is 0 Å². The van der Waals surface area contributed by atoms with E-state index < -0.39 is 0 Å². The van der Waals surface area contributed by atoms with Crippen LogP contribution in [0.2, 0.25) is 0 Å². The van der Waals surface area contributed by atoms with E-state index in [9.17, 15) is 4.79 Å². The van der Waals surface area contributed by atoms with E-state index in [1.54, 1.807) is 32.4 Å². The zero-order valence-electron chi connectivity index (χ0n) is 11.2. The van der Waals surface area contributed by atoms with Gasteiger partial charge in [-0.25, -0.2) is 0 Å². The maximum absolute atomic E-state index is 12.5. The van der Waals surface area contributed by atoms with Gasteiger partial charge in [0.2, 0.25) is 0 Å². The number of carbonyl (C=O) groups excluding carboxylic acids is 1. The molecule has 19 heavy (non-hydrogen) atoms. The van der Waals surface area contributed by atoms with Crippen molar-refractivity contribution in [1.82, 2.24) is 4.90 Å². The van der Waals surface area contributed by atoms with E-state index in [2.05, 4.69) is 0 Å². The largest absolute Gasteiger partial charge is 0.493 e. The van der Waals surface area contributed by atoms with Crippen LogP contribution in [0.3, 0.4) is 0 Å². The molecule has 1 amide bonds. The van der Waals surface area contributed by atoms with Crippen molar-refractivity contribution < 1.29 is 14.3 Å². The van der Waals surface area contributed by atoms with Crippen molar-refractivity contribution in [3.8, 4) is 11.5 Å². The maximum atomic E-state index is 12.5. The highest BCUT2D eigenvalue weighted by molar-refractivity contribution is 6.18. The van der Waals surface area contributed by atoms with Crippen LogP contribution in [0.15, 0.2) is 18.2 Å². The van der Waals surface area contributed by atoms with Crippen LogP contribution in [0.1, 0.15) is 23.2 Å². The summed E-state index contributed by atoms with van der Waals surface area (Å²) in [5.41, 5.74) is 0.606. The Bertz CT molecular complexity index is 460. The summed E-state index contributed by atoms with van der Waals surface area (Å²) in [7, 11) is 3.13. The van der Waals surface area contributed by atoms with Crippen LogP contribution in [-0.4, -0.2) is 43.5 Å². The van der Waals surface area contributed by atoms with Crippen molar-refractivity contribution in [3.05, 3.63) is 23.8 Å². The van der Waals surface area contributed by atoms with Gasteiger partial charge in [0, 0.05) is 24.0 Å². The number of carbonyl (C=O) groups is 1. The molecule has 0 aromatic heterocycles. The number of amides is 1. The van der Waals surface area contributed by atoms with Crippen LogP contribution in [-0.2, 0) is 0 Å². The van der Waals surface area contributed by atoms with Gasteiger partial charge in [0.25, 0.3) is 5.91 Å². The molecule has 2 rings (SSSR count). The van der Waals surface area contributed by atoms with Gasteiger partial charge >= 0.3 is 0 Å². The van der Waals surface area contributed by atoms with Crippen LogP contribution in [0.25, 0.3) is 0 Å². The molecule has 1 aliphatic carbocycles. The Labute approximate surface area is 118 Å². The van der Waals surface area contributed by atoms with E-state index in [-0.39, 0.29) is 5.91 Å². The molecule has 0 bridgehead atoms. The highest BCUT2D eigenvalue weighted by atomic mass is 35.5. The molecule has 0 aliphatic heterocycles. The Hall–Kier alpha value is -1.42. The van der Waals surface area contributed by atoms with E-state index in [1.165, 1.54) is 0 Å². The molecule has 0 heterocycles. The van der Waals surface area contributed by atoms with E-state index in [0.717, 1.165) is 12.8 Å². The van der Waals surface area contributed by atoms with Crippen LogP contribution < -0.4 is 9.47 Å². The molecular formula is C14H18ClNO3. The third-order valence-electron chi connectivity index (χ3n) is 3.20. The Balaban J connectivity index is 2.22. The molecular weight excluding hydrogens is 266 g/mol. The van der Waals surface area contributed by atoms with Crippen molar-refractivity contribution in [2.45, 2.75) is 18.9 Å². The first-order chi connectivity index (χ1) is 9.21. The lowest BCUT2D eigenvalue weighted by Gasteiger charge is -2.21. The van der Waals surface area contributed by atoms with Gasteiger partial charge in [0.15, 0.2) is 11.5 Å². The Morgan fingerprint density at radius 3 is 2.53 bits per heavy atom. The molecule has 1 aliphatic rings. The minimum atomic E-state index is 0.00380. The number of rotatable bonds is 6. The van der Waals surface area contributed by atoms with Gasteiger partial charge in [0.05, 0.1) is 14.2 Å². The van der Waals surface area contributed by atoms with E-state index in [4.69, 9.17) is 21.1 Å². The molecule has 0 spiro atoms. The Morgan fingerprint density at radius 1 is 1.32 bits per heavy atom. The summed E-state index contributed by atoms with van der Waals surface area (Å²) in [5, 5.41) is 0. The fourth-order valence-electron chi connectivity index (χ4n) is 2.06. The summed E-state index contributed by atoms with van der Waals surface area (Å²) < 4.78 is 10.4. The first-order valence-electron chi connectivity index (χ1n) is 6.30. The third-order valence-corrected chi connectivity index (χ3v) is 3.37. The first-order valence-corrected chi connectivity index (χ1v) is 6.83. The highest BCUT2D eigenvalue weighted by Gasteiger charge is 2.32. The predicted octanol–water partition coefficient (Wildman–Crippen LogP) is 2.55. The Kier molecular flexibility index (Phi) is 4.53. The van der Waals surface area contributed by atoms with Crippen molar-refractivity contribution in [3.63, 3.8) is 0 Å². The van der Waals surface area contributed by atoms with Gasteiger partial charge in [-0.1, -0.05) is 0 Å². The lowest BCUT2D eigenvalue weighted by Crippen LogP contribution is -2.34. The molecule has 1 aromatic rings. The predicted molar refractivity (Wildman–Crippen MR) is 74.3 cm³/mol. The minimum absolute atomic E-state index is 0.00380. The number of nitrogens with zero attached hydrogens (tertiary/aromatic N) is 1. The molecule has 0 saturated heterocycles. The molecule has 0 unspecified atom stereocenters. The summed E-state index contributed by atoms with van der Waals surface area (Å²) in [4.78, 5) is 14.3. The SMILES string of the molecule is COc1ccc(C(=O)N(CCCl)C2CC2)cc1OC. The number of methoxy groups -OCH3 is 2. The van der Waals surface area contributed by atoms with Gasteiger partial charge in [-0.3, -0.25) is 4.79 Å². The molecule has 0 atom stereocenters. The zero-order chi connectivity index (χ0) is 13.8. The van der Waals surface area contributed by atoms with Crippen LogP contribution in [0.5, 0.6) is 11.5 Å². The lowest BCUT2D eigenvalue weighted by atomic mass is 10.1. The average molecular weight is 284 g/mol. The molecule has 0 N–H and O–H groups in total. The van der Waals surface area contributed by atoms with Gasteiger partial charge in [-0.05, 0) is 31.0 Å². The summed E-state index contributed by atoms with van der Waals surface area (Å²) in [6.07, 6.45) is 2.13. The number of benzene rings is 1. The van der Waals surface area contributed by atoms with Gasteiger partial charge in [0.1, 0.15) is 0 Å². The van der Waals surface area contributed by atoms with Crippen molar-refractivity contribution in [1.29, 1.82) is 0 Å². The fraction of sp³-hybridized carbons (Fsp3) is 0.500. The monoisotopic (exact) mass is 283 g/mol. The number of hydrogen-bond donors (Lipinski definition) is 0. The third kappa shape index (κ3) is 3.13. The van der Waals surface area contributed by atoms with E-state index in [0.29, 0.717) is 35.5 Å². The standard InChI is InChI=1S/C14H18ClNO3/c1-18-12-6-3-10(9-13(12)19-2)14(17)16(8-7-15)11-4-5-11/h3,6,9,11H,4-5,7-8H2,1-2H3. The second kappa shape index (κ2) is 6.15. The fourth-order valence-corrected chi connectivity index (χ4v) is 2.24. The topological polar surface area (TPSA) is 38.8 Å². The normalized spacial score (nSPS) is 14.1. The van der Waals surface area contributed by atoms with Gasteiger partial charge in [-0.15, -0.1) is 11.6 Å². The first kappa shape index (κ1) is 14.0. The van der Waals surface area contributed by atoms with Gasteiger partial charge in [-0.2, -0.15) is 0 Å². The lowest BCUT2D eigenvalue weighted by molar-refractivity contribution is 0.0753. The summed E-state index contributed by atoms with van der Waals surface area (Å²) >= 11 is 5.77. The second-order valence-electron chi connectivity index (χ2n) is 4.49. The van der Waals surface area contributed by atoms with Gasteiger partial charge < -0.3 is 14.4 Å². The molecule has 0 radical (unpaired) electrons. The Morgan fingerprint density at radius 2 is 2.00 bits per heavy atom. The van der Waals surface area contributed by atoms with E-state index >= 15 is 0 Å². The summed E-state index contributed by atoms with van der Waals surface area (Å²) in [6, 6.07) is 5.56. The number of halogens is 1. The van der Waals surface area contributed by atoms with Crippen LogP contribution in [0.4, 0.5) is 0 Å². The molecule has 5 heteroatoms. The second-order valence-corrected chi connectivity index (χ2v) is 4.87. The average Bonchev–Trinajstić information content (AvgIpc) is 3.27. The number of alkyl halides is 1. The quantitative estimate of drug-likeness (QED) is 0.753. The summed E-state index contributed by atoms with van der Waals surface area (Å²) in [6.45, 7) is 0.583. The smallest absolute Gasteiger partial charge is 0.254 e. The minimum Gasteiger partial charge on any atom is -0.493 e. The molecule has 1 fully saturated rings. The van der Waals surface area contributed by atoms with Crippen LogP contribution >= 0.6 is 11.6 Å². The highest BCUT2D eigenvalue weighted by Crippen LogP contribution is 2.31.